The van der Waals surface area contributed by atoms with Gasteiger partial charge in [0.1, 0.15) is 0 Å². The summed E-state index contributed by atoms with van der Waals surface area (Å²) >= 11 is 0. The molecule has 0 unspecified atom stereocenters. The van der Waals surface area contributed by atoms with Crippen LogP contribution in [-0.4, -0.2) is 24.2 Å². The zero-order chi connectivity index (χ0) is 9.14. The van der Waals surface area contributed by atoms with Crippen molar-refractivity contribution in [3.05, 3.63) is 18.2 Å². The zero-order valence-corrected chi connectivity index (χ0v) is 6.78. The molecule has 5 N–H and O–H groups in total. The lowest BCUT2D eigenvalue weighted by Crippen LogP contribution is -2.32. The number of hydrogen-bond donors (Lipinski definition) is 4. The highest BCUT2D eigenvalue weighted by atomic mass is 16.4. The van der Waals surface area contributed by atoms with Crippen molar-refractivity contribution in [3.63, 3.8) is 0 Å². The molecular weight excluding hydrogens is 155 g/mol. The fourth-order valence-corrected chi connectivity index (χ4v) is 1.03. The molecule has 0 aliphatic carbocycles. The van der Waals surface area contributed by atoms with E-state index in [9.17, 15) is 0 Å². The highest BCUT2D eigenvalue weighted by Gasteiger charge is 2.15. The largest absolute Gasteiger partial charge is 0.490 e. The van der Waals surface area contributed by atoms with E-state index in [1.165, 1.54) is 0 Å². The van der Waals surface area contributed by atoms with E-state index in [0.717, 1.165) is 0 Å². The van der Waals surface area contributed by atoms with Crippen molar-refractivity contribution in [1.29, 1.82) is 0 Å². The van der Waals surface area contributed by atoms with Crippen molar-refractivity contribution >= 4 is 24.0 Å². The normalized spacial score (nSPS) is 9.58. The van der Waals surface area contributed by atoms with E-state index in [1.54, 1.807) is 25.2 Å². The van der Waals surface area contributed by atoms with Crippen LogP contribution in [0.3, 0.4) is 0 Å². The average molecular weight is 166 g/mol. The Morgan fingerprint density at radius 1 is 1.42 bits per heavy atom. The summed E-state index contributed by atoms with van der Waals surface area (Å²) in [5, 5.41) is 20.6. The average Bonchev–Trinajstić information content (AvgIpc) is 2.04. The monoisotopic (exact) mass is 166 g/mol. The molecular formula is C7H11BN2O2. The summed E-state index contributed by atoms with van der Waals surface area (Å²) < 4.78 is 0. The van der Waals surface area contributed by atoms with Gasteiger partial charge in [-0.25, -0.2) is 0 Å². The molecule has 0 spiro atoms. The molecule has 5 heteroatoms. The van der Waals surface area contributed by atoms with Crippen molar-refractivity contribution in [2.75, 3.05) is 18.1 Å². The molecule has 1 aromatic carbocycles. The summed E-state index contributed by atoms with van der Waals surface area (Å²) in [6.45, 7) is 0. The highest BCUT2D eigenvalue weighted by molar-refractivity contribution is 6.60. The van der Waals surface area contributed by atoms with Crippen molar-refractivity contribution in [1.82, 2.24) is 0 Å². The van der Waals surface area contributed by atoms with Gasteiger partial charge in [0.2, 0.25) is 0 Å². The molecule has 0 amide bonds. The van der Waals surface area contributed by atoms with Gasteiger partial charge in [0, 0.05) is 12.5 Å². The van der Waals surface area contributed by atoms with Crippen molar-refractivity contribution in [2.45, 2.75) is 0 Å². The van der Waals surface area contributed by atoms with E-state index in [1.807, 2.05) is 0 Å². The van der Waals surface area contributed by atoms with Crippen LogP contribution in [-0.2, 0) is 0 Å². The molecule has 12 heavy (non-hydrogen) atoms. The SMILES string of the molecule is CNc1cccc(B(O)O)c1N. The van der Waals surface area contributed by atoms with Crippen molar-refractivity contribution in [3.8, 4) is 0 Å². The molecule has 4 nitrogen and oxygen atoms in total. The minimum atomic E-state index is -1.52. The number of nitrogens with two attached hydrogens (primary N) is 1. The molecule has 0 fully saturated rings. The van der Waals surface area contributed by atoms with Crippen LogP contribution in [0.15, 0.2) is 18.2 Å². The molecule has 1 rings (SSSR count). The highest BCUT2D eigenvalue weighted by Crippen LogP contribution is 2.13. The quantitative estimate of drug-likeness (QED) is 0.335. The lowest BCUT2D eigenvalue weighted by molar-refractivity contribution is 0.426. The first kappa shape index (κ1) is 8.90. The van der Waals surface area contributed by atoms with Crippen LogP contribution in [0.1, 0.15) is 0 Å². The molecule has 1 aromatic rings. The first-order valence-electron chi connectivity index (χ1n) is 3.59. The van der Waals surface area contributed by atoms with Gasteiger partial charge in [-0.05, 0) is 6.07 Å². The summed E-state index contributed by atoms with van der Waals surface area (Å²) in [4.78, 5) is 0. The van der Waals surface area contributed by atoms with Gasteiger partial charge in [0.15, 0.2) is 0 Å². The molecule has 0 saturated carbocycles. The number of benzene rings is 1. The Morgan fingerprint density at radius 3 is 2.58 bits per heavy atom. The number of para-hydroxylation sites is 1. The van der Waals surface area contributed by atoms with Crippen LogP contribution in [0, 0.1) is 0 Å². The summed E-state index contributed by atoms with van der Waals surface area (Å²) in [7, 11) is 0.206. The van der Waals surface area contributed by atoms with Gasteiger partial charge in [0.05, 0.1) is 11.4 Å². The fourth-order valence-electron chi connectivity index (χ4n) is 1.03. The van der Waals surface area contributed by atoms with E-state index in [4.69, 9.17) is 15.8 Å². The molecule has 0 bridgehead atoms. The van der Waals surface area contributed by atoms with Gasteiger partial charge in [-0.15, -0.1) is 0 Å². The minimum Gasteiger partial charge on any atom is -0.423 e. The standard InChI is InChI=1S/C7H11BN2O2/c1-10-6-4-2-3-5(7(6)9)8(11)12/h2-4,10-12H,9H2,1H3. The maximum atomic E-state index is 8.87. The Bertz CT molecular complexity index is 278. The first-order chi connectivity index (χ1) is 5.66. The Labute approximate surface area is 71.2 Å². The summed E-state index contributed by atoms with van der Waals surface area (Å²) in [6.07, 6.45) is 0. The van der Waals surface area contributed by atoms with Crippen LogP contribution in [0.25, 0.3) is 0 Å². The Kier molecular flexibility index (Phi) is 2.57. The van der Waals surface area contributed by atoms with Crippen LogP contribution >= 0.6 is 0 Å². The molecule has 0 aliphatic heterocycles. The maximum Gasteiger partial charge on any atom is 0.490 e. The lowest BCUT2D eigenvalue weighted by atomic mass is 9.79. The second kappa shape index (κ2) is 3.47. The van der Waals surface area contributed by atoms with Crippen LogP contribution in [0.4, 0.5) is 11.4 Å². The van der Waals surface area contributed by atoms with Gasteiger partial charge in [-0.3, -0.25) is 0 Å². The predicted octanol–water partition coefficient (Wildman–Crippen LogP) is -1.01. The molecule has 64 valence electrons. The molecule has 0 aromatic heterocycles. The Morgan fingerprint density at radius 2 is 2.08 bits per heavy atom. The third-order valence-corrected chi connectivity index (χ3v) is 1.69. The van der Waals surface area contributed by atoms with Crippen molar-refractivity contribution in [2.24, 2.45) is 0 Å². The molecule has 0 heterocycles. The Hall–Kier alpha value is -1.20. The Balaban J connectivity index is 3.14. The minimum absolute atomic E-state index is 0.321. The first-order valence-corrected chi connectivity index (χ1v) is 3.59. The number of nitrogen functional groups attached to an aromatic ring is 1. The molecule has 0 aliphatic rings. The third-order valence-electron chi connectivity index (χ3n) is 1.69. The van der Waals surface area contributed by atoms with Gasteiger partial charge < -0.3 is 21.1 Å². The van der Waals surface area contributed by atoms with E-state index < -0.39 is 7.12 Å². The number of anilines is 2. The maximum absolute atomic E-state index is 8.87. The molecule has 0 saturated heterocycles. The van der Waals surface area contributed by atoms with E-state index in [0.29, 0.717) is 16.8 Å². The van der Waals surface area contributed by atoms with Gasteiger partial charge >= 0.3 is 7.12 Å². The van der Waals surface area contributed by atoms with Gasteiger partial charge in [-0.1, -0.05) is 12.1 Å². The van der Waals surface area contributed by atoms with Crippen LogP contribution in [0.5, 0.6) is 0 Å². The van der Waals surface area contributed by atoms with Gasteiger partial charge in [0.25, 0.3) is 0 Å². The van der Waals surface area contributed by atoms with Gasteiger partial charge in [-0.2, -0.15) is 0 Å². The summed E-state index contributed by atoms with van der Waals surface area (Å²) in [5.41, 5.74) is 7.00. The van der Waals surface area contributed by atoms with E-state index in [2.05, 4.69) is 5.32 Å². The van der Waals surface area contributed by atoms with Crippen molar-refractivity contribution < 1.29 is 10.0 Å². The second-order valence-corrected chi connectivity index (χ2v) is 2.43. The lowest BCUT2D eigenvalue weighted by Gasteiger charge is -2.08. The summed E-state index contributed by atoms with van der Waals surface area (Å²) in [5.74, 6) is 0. The van der Waals surface area contributed by atoms with Crippen LogP contribution in [0.2, 0.25) is 0 Å². The van der Waals surface area contributed by atoms with E-state index >= 15 is 0 Å². The smallest absolute Gasteiger partial charge is 0.423 e. The number of rotatable bonds is 2. The topological polar surface area (TPSA) is 78.5 Å². The summed E-state index contributed by atoms with van der Waals surface area (Å²) in [6, 6.07) is 5.04. The van der Waals surface area contributed by atoms with Crippen LogP contribution < -0.4 is 16.5 Å². The molecule has 0 atom stereocenters. The predicted molar refractivity (Wildman–Crippen MR) is 50.2 cm³/mol. The number of nitrogens with one attached hydrogen (secondary N) is 1. The number of hydrogen-bond acceptors (Lipinski definition) is 4. The molecule has 0 radical (unpaired) electrons. The fraction of sp³-hybridized carbons (Fsp3) is 0.143. The van der Waals surface area contributed by atoms with E-state index in [-0.39, 0.29) is 0 Å². The zero-order valence-electron chi connectivity index (χ0n) is 6.78. The second-order valence-electron chi connectivity index (χ2n) is 2.43. The third kappa shape index (κ3) is 1.52.